The van der Waals surface area contributed by atoms with Crippen LogP contribution in [-0.2, 0) is 0 Å². The van der Waals surface area contributed by atoms with Gasteiger partial charge in [0.05, 0.1) is 7.11 Å². The van der Waals surface area contributed by atoms with Gasteiger partial charge in [0.1, 0.15) is 5.75 Å². The highest BCUT2D eigenvalue weighted by Gasteiger charge is 2.28. The monoisotopic (exact) mass is 261 g/mol. The van der Waals surface area contributed by atoms with E-state index < -0.39 is 0 Å². The summed E-state index contributed by atoms with van der Waals surface area (Å²) in [6.45, 7) is 10.0. The van der Waals surface area contributed by atoms with Gasteiger partial charge < -0.3 is 10.1 Å². The topological polar surface area (TPSA) is 21.3 Å². The fraction of sp³-hybridized carbons (Fsp3) is 0.647. The summed E-state index contributed by atoms with van der Waals surface area (Å²) in [7, 11) is 1.78. The second-order valence-electron chi connectivity index (χ2n) is 5.84. The standard InChI is InChI=1S/C17H27NO/c1-6-9-18-15-8-7-11(2)14-10-12(3)17(19-5)13(4)16(14)15/h10-11,15,18H,6-9H2,1-5H3. The molecule has 0 saturated heterocycles. The lowest BCUT2D eigenvalue weighted by molar-refractivity contribution is 0.396. The Balaban J connectivity index is 2.48. The lowest BCUT2D eigenvalue weighted by atomic mass is 9.78. The molecule has 0 aliphatic heterocycles. The molecule has 2 unspecified atom stereocenters. The molecule has 1 aliphatic rings. The minimum atomic E-state index is 0.501. The fourth-order valence-electron chi connectivity index (χ4n) is 3.43. The van der Waals surface area contributed by atoms with Crippen molar-refractivity contribution in [3.05, 3.63) is 28.3 Å². The summed E-state index contributed by atoms with van der Waals surface area (Å²) in [4.78, 5) is 0. The molecule has 2 atom stereocenters. The van der Waals surface area contributed by atoms with Crippen molar-refractivity contribution in [2.75, 3.05) is 13.7 Å². The predicted molar refractivity (Wildman–Crippen MR) is 81.2 cm³/mol. The van der Waals surface area contributed by atoms with E-state index in [1.54, 1.807) is 7.11 Å². The molecular formula is C17H27NO. The van der Waals surface area contributed by atoms with Gasteiger partial charge in [-0.05, 0) is 67.8 Å². The van der Waals surface area contributed by atoms with Crippen LogP contribution < -0.4 is 10.1 Å². The van der Waals surface area contributed by atoms with E-state index in [2.05, 4.69) is 39.1 Å². The third-order valence-corrected chi connectivity index (χ3v) is 4.40. The molecule has 0 heterocycles. The summed E-state index contributed by atoms with van der Waals surface area (Å²) in [5.74, 6) is 1.73. The molecule has 2 nitrogen and oxygen atoms in total. The Hall–Kier alpha value is -1.02. The van der Waals surface area contributed by atoms with E-state index in [-0.39, 0.29) is 0 Å². The molecular weight excluding hydrogens is 234 g/mol. The summed E-state index contributed by atoms with van der Waals surface area (Å²) < 4.78 is 5.60. The minimum Gasteiger partial charge on any atom is -0.496 e. The van der Waals surface area contributed by atoms with Gasteiger partial charge in [-0.3, -0.25) is 0 Å². The zero-order valence-corrected chi connectivity index (χ0v) is 13.0. The Morgan fingerprint density at radius 3 is 2.68 bits per heavy atom. The molecule has 1 aliphatic carbocycles. The minimum absolute atomic E-state index is 0.501. The largest absolute Gasteiger partial charge is 0.496 e. The summed E-state index contributed by atoms with van der Waals surface area (Å²) in [5.41, 5.74) is 5.62. The third-order valence-electron chi connectivity index (χ3n) is 4.40. The number of hydrogen-bond donors (Lipinski definition) is 1. The van der Waals surface area contributed by atoms with Gasteiger partial charge in [-0.25, -0.2) is 0 Å². The Bertz CT molecular complexity index is 453. The SMILES string of the molecule is CCCNC1CCC(C)c2cc(C)c(OC)c(C)c21. The maximum Gasteiger partial charge on any atom is 0.125 e. The molecule has 2 heteroatoms. The van der Waals surface area contributed by atoms with E-state index >= 15 is 0 Å². The second kappa shape index (κ2) is 5.96. The lowest BCUT2D eigenvalue weighted by Gasteiger charge is -2.33. The van der Waals surface area contributed by atoms with Crippen molar-refractivity contribution in [2.45, 2.75) is 58.9 Å². The highest BCUT2D eigenvalue weighted by molar-refractivity contribution is 5.52. The van der Waals surface area contributed by atoms with Gasteiger partial charge in [0, 0.05) is 6.04 Å². The molecule has 1 aromatic rings. The second-order valence-corrected chi connectivity index (χ2v) is 5.84. The number of methoxy groups -OCH3 is 1. The first-order valence-electron chi connectivity index (χ1n) is 7.51. The quantitative estimate of drug-likeness (QED) is 0.875. The molecule has 0 spiro atoms. The molecule has 106 valence electrons. The molecule has 0 bridgehead atoms. The molecule has 19 heavy (non-hydrogen) atoms. The van der Waals surface area contributed by atoms with E-state index in [1.165, 1.54) is 41.5 Å². The number of benzene rings is 1. The van der Waals surface area contributed by atoms with Crippen LogP contribution in [0.3, 0.4) is 0 Å². The Labute approximate surface area is 117 Å². The normalized spacial score (nSPS) is 22.2. The van der Waals surface area contributed by atoms with Crippen LogP contribution in [0.1, 0.15) is 67.3 Å². The predicted octanol–water partition coefficient (Wildman–Crippen LogP) is 4.25. The summed E-state index contributed by atoms with van der Waals surface area (Å²) in [6, 6.07) is 2.84. The number of ether oxygens (including phenoxy) is 1. The van der Waals surface area contributed by atoms with Crippen molar-refractivity contribution in [3.63, 3.8) is 0 Å². The van der Waals surface area contributed by atoms with Crippen molar-refractivity contribution in [3.8, 4) is 5.75 Å². The van der Waals surface area contributed by atoms with Crippen LogP contribution in [0.15, 0.2) is 6.07 Å². The molecule has 2 rings (SSSR count). The summed E-state index contributed by atoms with van der Waals surface area (Å²) in [5, 5.41) is 3.70. The van der Waals surface area contributed by atoms with Crippen LogP contribution >= 0.6 is 0 Å². The van der Waals surface area contributed by atoms with Crippen molar-refractivity contribution >= 4 is 0 Å². The number of hydrogen-bond acceptors (Lipinski definition) is 2. The zero-order chi connectivity index (χ0) is 14.0. The number of rotatable bonds is 4. The lowest BCUT2D eigenvalue weighted by Crippen LogP contribution is -2.28. The molecule has 0 radical (unpaired) electrons. The molecule has 0 aromatic heterocycles. The van der Waals surface area contributed by atoms with E-state index in [1.807, 2.05) is 0 Å². The van der Waals surface area contributed by atoms with Gasteiger partial charge in [-0.15, -0.1) is 0 Å². The number of nitrogens with one attached hydrogen (secondary N) is 1. The van der Waals surface area contributed by atoms with E-state index in [4.69, 9.17) is 4.74 Å². The van der Waals surface area contributed by atoms with E-state index in [0.717, 1.165) is 12.3 Å². The van der Waals surface area contributed by atoms with Gasteiger partial charge >= 0.3 is 0 Å². The van der Waals surface area contributed by atoms with Gasteiger partial charge in [-0.1, -0.05) is 19.9 Å². The summed E-state index contributed by atoms with van der Waals surface area (Å²) in [6.07, 6.45) is 3.70. The van der Waals surface area contributed by atoms with Crippen molar-refractivity contribution < 1.29 is 4.74 Å². The Morgan fingerprint density at radius 1 is 1.32 bits per heavy atom. The highest BCUT2D eigenvalue weighted by Crippen LogP contribution is 2.43. The van der Waals surface area contributed by atoms with Gasteiger partial charge in [0.25, 0.3) is 0 Å². The van der Waals surface area contributed by atoms with E-state index in [9.17, 15) is 0 Å². The van der Waals surface area contributed by atoms with Crippen LogP contribution in [0.5, 0.6) is 5.75 Å². The maximum atomic E-state index is 5.60. The van der Waals surface area contributed by atoms with Crippen molar-refractivity contribution in [1.29, 1.82) is 0 Å². The van der Waals surface area contributed by atoms with Gasteiger partial charge in [-0.2, -0.15) is 0 Å². The first kappa shape index (κ1) is 14.4. The Morgan fingerprint density at radius 2 is 2.05 bits per heavy atom. The smallest absolute Gasteiger partial charge is 0.125 e. The Kier molecular flexibility index (Phi) is 4.51. The zero-order valence-electron chi connectivity index (χ0n) is 13.0. The van der Waals surface area contributed by atoms with Crippen LogP contribution in [0.4, 0.5) is 0 Å². The molecule has 0 saturated carbocycles. The van der Waals surface area contributed by atoms with Crippen LogP contribution in [0, 0.1) is 13.8 Å². The number of fused-ring (bicyclic) bond motifs is 1. The molecule has 0 amide bonds. The van der Waals surface area contributed by atoms with Gasteiger partial charge in [0.15, 0.2) is 0 Å². The average Bonchev–Trinajstić information content (AvgIpc) is 2.39. The molecule has 1 aromatic carbocycles. The first-order chi connectivity index (χ1) is 9.10. The fourth-order valence-corrected chi connectivity index (χ4v) is 3.43. The number of aryl methyl sites for hydroxylation is 1. The van der Waals surface area contributed by atoms with Crippen LogP contribution in [0.2, 0.25) is 0 Å². The van der Waals surface area contributed by atoms with E-state index in [0.29, 0.717) is 12.0 Å². The molecule has 0 fully saturated rings. The van der Waals surface area contributed by atoms with Crippen LogP contribution in [0.25, 0.3) is 0 Å². The molecule has 1 N–H and O–H groups in total. The first-order valence-corrected chi connectivity index (χ1v) is 7.51. The highest BCUT2D eigenvalue weighted by atomic mass is 16.5. The van der Waals surface area contributed by atoms with Gasteiger partial charge in [0.2, 0.25) is 0 Å². The van der Waals surface area contributed by atoms with Crippen molar-refractivity contribution in [2.24, 2.45) is 0 Å². The van der Waals surface area contributed by atoms with Crippen LogP contribution in [-0.4, -0.2) is 13.7 Å². The maximum absolute atomic E-state index is 5.60. The van der Waals surface area contributed by atoms with Crippen molar-refractivity contribution in [1.82, 2.24) is 5.32 Å². The summed E-state index contributed by atoms with van der Waals surface area (Å²) >= 11 is 0. The average molecular weight is 261 g/mol. The third kappa shape index (κ3) is 2.64.